The van der Waals surface area contributed by atoms with Crippen molar-refractivity contribution in [2.75, 3.05) is 0 Å². The van der Waals surface area contributed by atoms with E-state index in [1.807, 2.05) is 0 Å². The van der Waals surface area contributed by atoms with Gasteiger partial charge in [0, 0.05) is 5.92 Å². The van der Waals surface area contributed by atoms with Crippen molar-refractivity contribution in [3.05, 3.63) is 59.2 Å². The van der Waals surface area contributed by atoms with Crippen LogP contribution in [-0.4, -0.2) is 50.8 Å². The Hall–Kier alpha value is -3.18. The highest BCUT2D eigenvalue weighted by atomic mass is 31.2. The van der Waals surface area contributed by atoms with Gasteiger partial charge in [-0.3, -0.25) is 14.2 Å². The van der Waals surface area contributed by atoms with Crippen molar-refractivity contribution in [3.63, 3.8) is 0 Å². The lowest BCUT2D eigenvalue weighted by molar-refractivity contribution is -0.130. The van der Waals surface area contributed by atoms with Gasteiger partial charge in [-0.2, -0.15) is 0 Å². The Morgan fingerprint density at radius 3 is 2.29 bits per heavy atom. The minimum atomic E-state index is -4.49. The van der Waals surface area contributed by atoms with Gasteiger partial charge in [0.2, 0.25) is 11.8 Å². The summed E-state index contributed by atoms with van der Waals surface area (Å²) in [6.45, 7) is 3.27. The van der Waals surface area contributed by atoms with E-state index >= 15 is 0 Å². The fraction of sp³-hybridized carbons (Fsp3) is 0.286. The van der Waals surface area contributed by atoms with Crippen LogP contribution in [0.15, 0.2) is 42.5 Å². The van der Waals surface area contributed by atoms with Crippen molar-refractivity contribution in [1.29, 1.82) is 0 Å². The van der Waals surface area contributed by atoms with Crippen molar-refractivity contribution in [1.82, 2.24) is 10.6 Å². The van der Waals surface area contributed by atoms with Crippen molar-refractivity contribution < 1.29 is 43.5 Å². The summed E-state index contributed by atoms with van der Waals surface area (Å²) in [6, 6.07) is 8.23. The topological polar surface area (TPSA) is 182 Å². The molecule has 2 amide bonds. The molecule has 2 aromatic rings. The molecule has 13 heteroatoms. The van der Waals surface area contributed by atoms with E-state index in [0.29, 0.717) is 5.56 Å². The van der Waals surface area contributed by atoms with E-state index < -0.39 is 50.4 Å². The number of amides is 2. The van der Waals surface area contributed by atoms with E-state index in [1.54, 1.807) is 19.9 Å². The summed E-state index contributed by atoms with van der Waals surface area (Å²) in [5, 5.41) is 24.7. The maximum absolute atomic E-state index is 13.1. The van der Waals surface area contributed by atoms with Crippen LogP contribution in [-0.2, 0) is 20.6 Å². The molecule has 6 N–H and O–H groups in total. The largest absolute Gasteiger partial charge is 0.547 e. The number of carbonyl (C=O) groups is 3. The Kier molecular flexibility index (Phi) is 7.47. The number of carboxylic acids is 1. The summed E-state index contributed by atoms with van der Waals surface area (Å²) in [5.74, 6) is -3.72. The monoisotopic (exact) mass is 490 g/mol. The summed E-state index contributed by atoms with van der Waals surface area (Å²) in [7, 11) is -6.04. The van der Waals surface area contributed by atoms with E-state index in [4.69, 9.17) is 4.65 Å². The lowest BCUT2D eigenvalue weighted by atomic mass is 9.72. The summed E-state index contributed by atoms with van der Waals surface area (Å²) in [6.07, 6.45) is 0.0748. The van der Waals surface area contributed by atoms with Crippen molar-refractivity contribution in [3.8, 4) is 5.75 Å². The van der Waals surface area contributed by atoms with E-state index in [0.717, 1.165) is 0 Å². The molecule has 11 nitrogen and oxygen atoms in total. The first-order chi connectivity index (χ1) is 15.9. The van der Waals surface area contributed by atoms with Crippen molar-refractivity contribution in [2.45, 2.75) is 32.3 Å². The van der Waals surface area contributed by atoms with E-state index in [1.165, 1.54) is 36.4 Å². The first kappa shape index (κ1) is 25.4. The Morgan fingerprint density at radius 1 is 1.09 bits per heavy atom. The van der Waals surface area contributed by atoms with E-state index in [2.05, 4.69) is 10.6 Å². The normalized spacial score (nSPS) is 16.3. The van der Waals surface area contributed by atoms with Gasteiger partial charge in [-0.05, 0) is 35.7 Å². The summed E-state index contributed by atoms with van der Waals surface area (Å²) in [5.41, 5.74) is 0.626. The van der Waals surface area contributed by atoms with Crippen LogP contribution in [0.1, 0.15) is 41.4 Å². The Morgan fingerprint density at radius 2 is 1.74 bits per heavy atom. The number of rotatable bonds is 7. The van der Waals surface area contributed by atoms with Gasteiger partial charge < -0.3 is 35.2 Å². The van der Waals surface area contributed by atoms with Gasteiger partial charge in [-0.25, -0.2) is 4.79 Å². The second kappa shape index (κ2) is 9.98. The third-order valence-electron chi connectivity index (χ3n) is 5.31. The molecule has 0 saturated heterocycles. The number of hydrogen-bond donors (Lipinski definition) is 6. The molecule has 1 aliphatic heterocycles. The van der Waals surface area contributed by atoms with E-state index in [9.17, 15) is 38.9 Å². The van der Waals surface area contributed by atoms with Gasteiger partial charge >= 0.3 is 20.7 Å². The zero-order valence-corrected chi connectivity index (χ0v) is 19.2. The quantitative estimate of drug-likeness (QED) is 0.232. The average molecular weight is 490 g/mol. The fourth-order valence-electron chi connectivity index (χ4n) is 3.45. The molecule has 2 atom stereocenters. The number of hydrogen-bond acceptors (Lipinski definition) is 6. The SMILES string of the molecule is CC(C)C(=O)NC(C(=O)N[C@H]1Cc2cccc(C(=O)O)c2OB1O)c1ccc(P(=O)(O)O)cc1. The zero-order chi connectivity index (χ0) is 25.2. The number of para-hydroxylation sites is 1. The summed E-state index contributed by atoms with van der Waals surface area (Å²) >= 11 is 0. The molecule has 180 valence electrons. The molecule has 0 aliphatic carbocycles. The first-order valence-corrected chi connectivity index (χ1v) is 12.0. The molecule has 0 saturated carbocycles. The van der Waals surface area contributed by atoms with Crippen LogP contribution in [0.3, 0.4) is 0 Å². The number of benzene rings is 2. The molecular weight excluding hydrogens is 466 g/mol. The van der Waals surface area contributed by atoms with Crippen molar-refractivity contribution >= 4 is 37.8 Å². The van der Waals surface area contributed by atoms with Gasteiger partial charge in [0.25, 0.3) is 0 Å². The van der Waals surface area contributed by atoms with Gasteiger partial charge in [0.1, 0.15) is 11.8 Å². The van der Waals surface area contributed by atoms with Crippen LogP contribution in [0.2, 0.25) is 0 Å². The fourth-order valence-corrected chi connectivity index (χ4v) is 3.99. The van der Waals surface area contributed by atoms with Crippen LogP contribution in [0.25, 0.3) is 0 Å². The van der Waals surface area contributed by atoms with Gasteiger partial charge in [0.05, 0.1) is 16.8 Å². The summed E-state index contributed by atoms with van der Waals surface area (Å²) < 4.78 is 16.8. The van der Waals surface area contributed by atoms with Gasteiger partial charge in [-0.15, -0.1) is 0 Å². The standard InChI is InChI=1S/C21H24BN2O9P/c1-11(2)19(25)24-17(12-6-8-14(9-7-12)34(30,31)32)20(26)23-16-10-13-4-3-5-15(21(27)28)18(13)33-22(16)29/h3-9,11,16-17,29H,10H2,1-2H3,(H,23,26)(H,24,25)(H,27,28)(H2,30,31,32)/t16-,17?/m0/s1. The van der Waals surface area contributed by atoms with Crippen LogP contribution in [0, 0.1) is 5.92 Å². The second-order valence-electron chi connectivity index (χ2n) is 8.16. The predicted octanol–water partition coefficient (Wildman–Crippen LogP) is 0.141. The third-order valence-corrected chi connectivity index (χ3v) is 6.28. The Balaban J connectivity index is 1.85. The highest BCUT2D eigenvalue weighted by Crippen LogP contribution is 2.33. The molecule has 1 heterocycles. The molecule has 0 spiro atoms. The highest BCUT2D eigenvalue weighted by molar-refractivity contribution is 7.60. The molecule has 0 bridgehead atoms. The van der Waals surface area contributed by atoms with Crippen LogP contribution in [0.4, 0.5) is 0 Å². The number of carbonyl (C=O) groups excluding carboxylic acids is 2. The minimum absolute atomic E-state index is 0.0192. The maximum Gasteiger partial charge on any atom is 0.547 e. The van der Waals surface area contributed by atoms with Crippen LogP contribution >= 0.6 is 7.60 Å². The van der Waals surface area contributed by atoms with Gasteiger partial charge in [-0.1, -0.05) is 38.1 Å². The second-order valence-corrected chi connectivity index (χ2v) is 9.76. The lowest BCUT2D eigenvalue weighted by Crippen LogP contribution is -2.55. The number of fused-ring (bicyclic) bond motifs is 1. The molecule has 34 heavy (non-hydrogen) atoms. The number of aromatic carboxylic acids is 1. The maximum atomic E-state index is 13.1. The molecule has 0 aromatic heterocycles. The summed E-state index contributed by atoms with van der Waals surface area (Å²) in [4.78, 5) is 55.5. The predicted molar refractivity (Wildman–Crippen MR) is 121 cm³/mol. The molecule has 1 aliphatic rings. The molecule has 3 rings (SSSR count). The zero-order valence-electron chi connectivity index (χ0n) is 18.3. The smallest absolute Gasteiger partial charge is 0.534 e. The van der Waals surface area contributed by atoms with Crippen LogP contribution in [0.5, 0.6) is 5.75 Å². The van der Waals surface area contributed by atoms with Crippen molar-refractivity contribution in [2.24, 2.45) is 5.92 Å². The lowest BCUT2D eigenvalue weighted by Gasteiger charge is -2.30. The third kappa shape index (κ3) is 5.65. The first-order valence-electron chi connectivity index (χ1n) is 10.3. The van der Waals surface area contributed by atoms with Gasteiger partial charge in [0.15, 0.2) is 0 Å². The molecular formula is C21H24BN2O9P. The average Bonchev–Trinajstić information content (AvgIpc) is 2.76. The van der Waals surface area contributed by atoms with E-state index in [-0.39, 0.29) is 28.6 Å². The Labute approximate surface area is 195 Å². The highest BCUT2D eigenvalue weighted by Gasteiger charge is 2.39. The Bertz CT molecular complexity index is 1150. The molecule has 2 aromatic carbocycles. The molecule has 0 fully saturated rings. The molecule has 0 radical (unpaired) electrons. The molecule has 1 unspecified atom stereocenters. The van der Waals surface area contributed by atoms with Crippen LogP contribution < -0.4 is 20.6 Å². The minimum Gasteiger partial charge on any atom is -0.534 e. The number of nitrogens with one attached hydrogen (secondary N) is 2. The number of carboxylic acid groups (broad SMARTS) is 1.